The molecule has 0 spiro atoms. The van der Waals surface area contributed by atoms with Gasteiger partial charge < -0.3 is 5.32 Å². The van der Waals surface area contributed by atoms with Crippen LogP contribution in [0.4, 0.5) is 0 Å². The van der Waals surface area contributed by atoms with E-state index in [1.807, 2.05) is 6.92 Å². The van der Waals surface area contributed by atoms with Crippen molar-refractivity contribution in [1.82, 2.24) is 10.0 Å². The maximum Gasteiger partial charge on any atom is 0.215 e. The van der Waals surface area contributed by atoms with Crippen LogP contribution in [-0.2, 0) is 10.0 Å². The summed E-state index contributed by atoms with van der Waals surface area (Å²) in [5.74, 6) is 0. The molecule has 1 fully saturated rings. The van der Waals surface area contributed by atoms with E-state index >= 15 is 0 Å². The van der Waals surface area contributed by atoms with Gasteiger partial charge in [0.15, 0.2) is 0 Å². The summed E-state index contributed by atoms with van der Waals surface area (Å²) in [6, 6.07) is 0.131. The van der Waals surface area contributed by atoms with Crippen LogP contribution in [0.2, 0.25) is 0 Å². The van der Waals surface area contributed by atoms with Crippen molar-refractivity contribution in [1.29, 1.82) is 0 Å². The molecule has 0 amide bonds. The molecule has 0 aromatic rings. The largest absolute Gasteiger partial charge is 0.316 e. The van der Waals surface area contributed by atoms with Crippen molar-refractivity contribution in [3.8, 4) is 0 Å². The van der Waals surface area contributed by atoms with Gasteiger partial charge in [0.05, 0.1) is 5.25 Å². The smallest absolute Gasteiger partial charge is 0.215 e. The van der Waals surface area contributed by atoms with E-state index in [1.54, 1.807) is 6.92 Å². The first-order chi connectivity index (χ1) is 6.79. The second-order valence-corrected chi connectivity index (χ2v) is 7.16. The van der Waals surface area contributed by atoms with Gasteiger partial charge in [-0.3, -0.25) is 0 Å². The predicted molar refractivity (Wildman–Crippen MR) is 62.2 cm³/mol. The van der Waals surface area contributed by atoms with E-state index in [2.05, 4.69) is 23.9 Å². The molecule has 0 heterocycles. The molecular weight excluding hydrogens is 212 g/mol. The van der Waals surface area contributed by atoms with Crippen LogP contribution in [0.5, 0.6) is 0 Å². The van der Waals surface area contributed by atoms with Gasteiger partial charge in [-0.1, -0.05) is 20.8 Å². The molecule has 2 unspecified atom stereocenters. The Morgan fingerprint density at radius 1 is 1.47 bits per heavy atom. The molecule has 1 rings (SSSR count). The van der Waals surface area contributed by atoms with Crippen LogP contribution in [0.15, 0.2) is 0 Å². The molecule has 15 heavy (non-hydrogen) atoms. The minimum absolute atomic E-state index is 0.131. The number of sulfonamides is 1. The van der Waals surface area contributed by atoms with Crippen molar-refractivity contribution in [2.24, 2.45) is 5.41 Å². The summed E-state index contributed by atoms with van der Waals surface area (Å²) in [7, 11) is -3.15. The van der Waals surface area contributed by atoms with Crippen LogP contribution in [0, 0.1) is 5.41 Å². The van der Waals surface area contributed by atoms with Crippen LogP contribution in [-0.4, -0.2) is 32.8 Å². The zero-order valence-electron chi connectivity index (χ0n) is 10.0. The summed E-state index contributed by atoms with van der Waals surface area (Å²) < 4.78 is 26.4. The van der Waals surface area contributed by atoms with Gasteiger partial charge in [-0.25, -0.2) is 13.1 Å². The Morgan fingerprint density at radius 2 is 2.00 bits per heavy atom. The molecule has 1 saturated carbocycles. The fourth-order valence-corrected chi connectivity index (χ4v) is 2.81. The van der Waals surface area contributed by atoms with E-state index in [1.165, 1.54) is 0 Å². The highest BCUT2D eigenvalue weighted by Gasteiger charge is 2.48. The van der Waals surface area contributed by atoms with Gasteiger partial charge in [-0.15, -0.1) is 0 Å². The molecule has 0 aromatic carbocycles. The van der Waals surface area contributed by atoms with Crippen molar-refractivity contribution < 1.29 is 8.42 Å². The minimum Gasteiger partial charge on any atom is -0.316 e. The monoisotopic (exact) mass is 234 g/mol. The van der Waals surface area contributed by atoms with Crippen molar-refractivity contribution in [3.05, 3.63) is 0 Å². The van der Waals surface area contributed by atoms with E-state index in [-0.39, 0.29) is 16.7 Å². The fraction of sp³-hybridized carbons (Fsp3) is 1.00. The summed E-state index contributed by atoms with van der Waals surface area (Å²) >= 11 is 0. The van der Waals surface area contributed by atoms with Crippen molar-refractivity contribution >= 4 is 10.0 Å². The van der Waals surface area contributed by atoms with Crippen molar-refractivity contribution in [2.45, 2.75) is 45.4 Å². The first-order valence-corrected chi connectivity index (χ1v) is 7.06. The maximum absolute atomic E-state index is 11.8. The molecule has 0 bridgehead atoms. The van der Waals surface area contributed by atoms with Gasteiger partial charge in [-0.2, -0.15) is 0 Å². The topological polar surface area (TPSA) is 58.2 Å². The third kappa shape index (κ3) is 3.43. The first-order valence-electron chi connectivity index (χ1n) is 5.51. The van der Waals surface area contributed by atoms with E-state index in [0.29, 0.717) is 6.54 Å². The second kappa shape index (κ2) is 4.39. The van der Waals surface area contributed by atoms with Crippen LogP contribution in [0.3, 0.4) is 0 Å². The predicted octanol–water partition coefficient (Wildman–Crippen LogP) is 0.702. The Bertz CT molecular complexity index is 311. The normalized spacial score (nSPS) is 26.3. The van der Waals surface area contributed by atoms with Crippen LogP contribution in [0.1, 0.15) is 34.1 Å². The Balaban J connectivity index is 2.45. The molecule has 0 saturated heterocycles. The zero-order chi connectivity index (χ0) is 11.7. The Morgan fingerprint density at radius 3 is 2.40 bits per heavy atom. The summed E-state index contributed by atoms with van der Waals surface area (Å²) in [5.41, 5.74) is 0.144. The lowest BCUT2D eigenvalue weighted by Crippen LogP contribution is -2.40. The summed E-state index contributed by atoms with van der Waals surface area (Å²) in [5, 5.41) is 2.68. The molecular formula is C10H22N2O2S. The molecule has 0 aromatic heterocycles. The Kier molecular flexibility index (Phi) is 3.79. The lowest BCUT2D eigenvalue weighted by molar-refractivity contribution is 0.540. The van der Waals surface area contributed by atoms with E-state index in [9.17, 15) is 8.42 Å². The summed E-state index contributed by atoms with van der Waals surface area (Å²) in [6.07, 6.45) is 0.945. The van der Waals surface area contributed by atoms with Gasteiger partial charge in [0.1, 0.15) is 0 Å². The Labute approximate surface area is 92.9 Å². The molecule has 90 valence electrons. The molecule has 4 nitrogen and oxygen atoms in total. The average Bonchev–Trinajstić information content (AvgIpc) is 2.68. The standard InChI is InChI=1S/C10H22N2O2S/c1-5-11-7-8(2)15(13,14)12-9-6-10(9,3)4/h8-9,11-12H,5-7H2,1-4H3. The second-order valence-electron chi connectivity index (χ2n) is 5.03. The van der Waals surface area contributed by atoms with E-state index in [0.717, 1.165) is 13.0 Å². The van der Waals surface area contributed by atoms with Gasteiger partial charge in [0.25, 0.3) is 0 Å². The lowest BCUT2D eigenvalue weighted by atomic mass is 10.2. The minimum atomic E-state index is -3.15. The fourth-order valence-electron chi connectivity index (χ4n) is 1.44. The number of nitrogens with one attached hydrogen (secondary N) is 2. The highest BCUT2D eigenvalue weighted by molar-refractivity contribution is 7.90. The number of hydrogen-bond acceptors (Lipinski definition) is 3. The van der Waals surface area contributed by atoms with Crippen LogP contribution in [0.25, 0.3) is 0 Å². The third-order valence-electron chi connectivity index (χ3n) is 3.03. The average molecular weight is 234 g/mol. The van der Waals surface area contributed by atoms with Gasteiger partial charge in [-0.05, 0) is 25.3 Å². The van der Waals surface area contributed by atoms with Crippen molar-refractivity contribution in [2.75, 3.05) is 13.1 Å². The van der Waals surface area contributed by atoms with Crippen molar-refractivity contribution in [3.63, 3.8) is 0 Å². The van der Waals surface area contributed by atoms with Gasteiger partial charge in [0.2, 0.25) is 10.0 Å². The molecule has 2 N–H and O–H groups in total. The van der Waals surface area contributed by atoms with Gasteiger partial charge >= 0.3 is 0 Å². The molecule has 5 heteroatoms. The van der Waals surface area contributed by atoms with E-state index < -0.39 is 10.0 Å². The third-order valence-corrected chi connectivity index (χ3v) is 4.87. The summed E-state index contributed by atoms with van der Waals surface area (Å²) in [4.78, 5) is 0. The molecule has 1 aliphatic carbocycles. The van der Waals surface area contributed by atoms with Crippen LogP contribution >= 0.6 is 0 Å². The zero-order valence-corrected chi connectivity index (χ0v) is 10.8. The summed E-state index contributed by atoms with van der Waals surface area (Å²) in [6.45, 7) is 9.18. The molecule has 1 aliphatic rings. The number of rotatable bonds is 6. The SMILES string of the molecule is CCNCC(C)S(=O)(=O)NC1CC1(C)C. The quantitative estimate of drug-likeness (QED) is 0.711. The highest BCUT2D eigenvalue weighted by Crippen LogP contribution is 2.45. The van der Waals surface area contributed by atoms with Gasteiger partial charge in [0, 0.05) is 12.6 Å². The number of hydrogen-bond donors (Lipinski definition) is 2. The molecule has 2 atom stereocenters. The maximum atomic E-state index is 11.8. The van der Waals surface area contributed by atoms with E-state index in [4.69, 9.17) is 0 Å². The lowest BCUT2D eigenvalue weighted by Gasteiger charge is -2.15. The highest BCUT2D eigenvalue weighted by atomic mass is 32.2. The molecule has 0 aliphatic heterocycles. The Hall–Kier alpha value is -0.130. The molecule has 0 radical (unpaired) electrons. The van der Waals surface area contributed by atoms with Crippen LogP contribution < -0.4 is 10.0 Å². The first kappa shape index (κ1) is 12.9.